The fourth-order valence-electron chi connectivity index (χ4n) is 3.49. The lowest BCUT2D eigenvalue weighted by molar-refractivity contribution is -0.121. The van der Waals surface area contributed by atoms with Crippen molar-refractivity contribution in [2.45, 2.75) is 46.2 Å². The maximum atomic E-state index is 11.6. The molecule has 0 saturated carbocycles. The van der Waals surface area contributed by atoms with Gasteiger partial charge >= 0.3 is 0 Å². The third-order valence-electron chi connectivity index (χ3n) is 4.47. The number of rotatable bonds is 7. The van der Waals surface area contributed by atoms with Crippen LogP contribution in [0.15, 0.2) is 24.3 Å². The molecule has 0 aromatic heterocycles. The molecular formula is C19H31N3O. The number of hydrogen-bond donors (Lipinski definition) is 2. The minimum atomic E-state index is 0.0795. The first kappa shape index (κ1) is 18.0. The Morgan fingerprint density at radius 3 is 2.39 bits per heavy atom. The molecule has 128 valence electrons. The van der Waals surface area contributed by atoms with Crippen LogP contribution in [0.5, 0.6) is 0 Å². The van der Waals surface area contributed by atoms with E-state index in [2.05, 4.69) is 48.3 Å². The summed E-state index contributed by atoms with van der Waals surface area (Å²) in [6.45, 7) is 9.28. The number of carbonyl (C=O) groups excluding carboxylic acids is 1. The normalized spacial score (nSPS) is 22.0. The second-order valence-corrected chi connectivity index (χ2v) is 7.13. The van der Waals surface area contributed by atoms with Crippen LogP contribution in [-0.4, -0.2) is 30.4 Å². The van der Waals surface area contributed by atoms with Gasteiger partial charge in [0, 0.05) is 32.6 Å². The van der Waals surface area contributed by atoms with Crippen LogP contribution in [0.4, 0.5) is 0 Å². The standard InChI is InChI=1S/C19H31N3O/c1-15-10-16(2)13-22(12-15)14-18-7-5-17(6-8-18)11-21-19(23)4-3-9-20/h5-8,15-16H,3-4,9-14,20H2,1-2H3,(H,21,23). The number of likely N-dealkylation sites (tertiary alicyclic amines) is 1. The van der Waals surface area contributed by atoms with Crippen molar-refractivity contribution in [3.8, 4) is 0 Å². The van der Waals surface area contributed by atoms with Crippen LogP contribution in [0.1, 0.15) is 44.2 Å². The minimum absolute atomic E-state index is 0.0795. The summed E-state index contributed by atoms with van der Waals surface area (Å²) in [7, 11) is 0. The first-order valence-electron chi connectivity index (χ1n) is 8.83. The quantitative estimate of drug-likeness (QED) is 0.812. The zero-order chi connectivity index (χ0) is 16.7. The van der Waals surface area contributed by atoms with Crippen molar-refractivity contribution in [3.05, 3.63) is 35.4 Å². The average Bonchev–Trinajstić information content (AvgIpc) is 2.51. The maximum absolute atomic E-state index is 11.6. The molecule has 1 heterocycles. The molecule has 4 heteroatoms. The Labute approximate surface area is 140 Å². The Balaban J connectivity index is 1.79. The van der Waals surface area contributed by atoms with Crippen LogP contribution in [0.2, 0.25) is 0 Å². The number of hydrogen-bond acceptors (Lipinski definition) is 3. The molecule has 2 unspecified atom stereocenters. The van der Waals surface area contributed by atoms with Crippen molar-refractivity contribution in [1.82, 2.24) is 10.2 Å². The smallest absolute Gasteiger partial charge is 0.220 e. The highest BCUT2D eigenvalue weighted by Gasteiger charge is 2.21. The van der Waals surface area contributed by atoms with Crippen molar-refractivity contribution in [1.29, 1.82) is 0 Å². The molecule has 1 aliphatic heterocycles. The molecule has 0 aliphatic carbocycles. The number of nitrogens with one attached hydrogen (secondary N) is 1. The summed E-state index contributed by atoms with van der Waals surface area (Å²) in [5.41, 5.74) is 7.91. The molecule has 1 fully saturated rings. The highest BCUT2D eigenvalue weighted by molar-refractivity contribution is 5.75. The van der Waals surface area contributed by atoms with Gasteiger partial charge in [0.25, 0.3) is 0 Å². The Morgan fingerprint density at radius 1 is 1.17 bits per heavy atom. The second kappa shape index (κ2) is 9.04. The number of benzene rings is 1. The minimum Gasteiger partial charge on any atom is -0.352 e. The molecular weight excluding hydrogens is 286 g/mol. The molecule has 1 amide bonds. The van der Waals surface area contributed by atoms with Gasteiger partial charge in [-0.3, -0.25) is 9.69 Å². The number of amides is 1. The van der Waals surface area contributed by atoms with Gasteiger partial charge in [-0.1, -0.05) is 38.1 Å². The Morgan fingerprint density at radius 2 is 1.78 bits per heavy atom. The van der Waals surface area contributed by atoms with E-state index in [0.29, 0.717) is 19.5 Å². The summed E-state index contributed by atoms with van der Waals surface area (Å²) in [6, 6.07) is 8.61. The molecule has 2 atom stereocenters. The van der Waals surface area contributed by atoms with E-state index < -0.39 is 0 Å². The predicted octanol–water partition coefficient (Wildman–Crippen LogP) is 2.52. The van der Waals surface area contributed by atoms with E-state index in [9.17, 15) is 4.79 Å². The molecule has 0 bridgehead atoms. The van der Waals surface area contributed by atoms with E-state index in [1.54, 1.807) is 0 Å². The monoisotopic (exact) mass is 317 g/mol. The zero-order valence-electron chi connectivity index (χ0n) is 14.6. The Hall–Kier alpha value is -1.39. The molecule has 0 radical (unpaired) electrons. The summed E-state index contributed by atoms with van der Waals surface area (Å²) < 4.78 is 0. The van der Waals surface area contributed by atoms with Crippen molar-refractivity contribution < 1.29 is 4.79 Å². The van der Waals surface area contributed by atoms with Crippen LogP contribution in [-0.2, 0) is 17.9 Å². The predicted molar refractivity (Wildman–Crippen MR) is 94.8 cm³/mol. The van der Waals surface area contributed by atoms with Crippen LogP contribution < -0.4 is 11.1 Å². The summed E-state index contributed by atoms with van der Waals surface area (Å²) in [5.74, 6) is 1.67. The summed E-state index contributed by atoms with van der Waals surface area (Å²) in [5, 5.41) is 2.94. The van der Waals surface area contributed by atoms with Crippen molar-refractivity contribution in [3.63, 3.8) is 0 Å². The van der Waals surface area contributed by atoms with Crippen LogP contribution in [0.25, 0.3) is 0 Å². The summed E-state index contributed by atoms with van der Waals surface area (Å²) >= 11 is 0. The molecule has 23 heavy (non-hydrogen) atoms. The van der Waals surface area contributed by atoms with Crippen LogP contribution in [0, 0.1) is 11.8 Å². The molecule has 1 aromatic rings. The molecule has 4 nitrogen and oxygen atoms in total. The highest BCUT2D eigenvalue weighted by atomic mass is 16.1. The average molecular weight is 317 g/mol. The lowest BCUT2D eigenvalue weighted by atomic mass is 9.91. The van der Waals surface area contributed by atoms with E-state index in [0.717, 1.165) is 30.4 Å². The topological polar surface area (TPSA) is 58.4 Å². The van der Waals surface area contributed by atoms with Gasteiger partial charge in [-0.2, -0.15) is 0 Å². The number of nitrogens with two attached hydrogens (primary N) is 1. The van der Waals surface area contributed by atoms with Gasteiger partial charge in [0.15, 0.2) is 0 Å². The molecule has 1 saturated heterocycles. The van der Waals surface area contributed by atoms with Crippen molar-refractivity contribution in [2.24, 2.45) is 17.6 Å². The van der Waals surface area contributed by atoms with Gasteiger partial charge in [-0.15, -0.1) is 0 Å². The lowest BCUT2D eigenvalue weighted by Gasteiger charge is -2.35. The lowest BCUT2D eigenvalue weighted by Crippen LogP contribution is -2.38. The molecule has 1 aliphatic rings. The van der Waals surface area contributed by atoms with Crippen LogP contribution in [0.3, 0.4) is 0 Å². The van der Waals surface area contributed by atoms with Gasteiger partial charge in [0.1, 0.15) is 0 Å². The fourth-order valence-corrected chi connectivity index (χ4v) is 3.49. The second-order valence-electron chi connectivity index (χ2n) is 7.13. The number of piperidine rings is 1. The number of carbonyl (C=O) groups is 1. The van der Waals surface area contributed by atoms with Gasteiger partial charge in [0.2, 0.25) is 5.91 Å². The first-order valence-corrected chi connectivity index (χ1v) is 8.83. The largest absolute Gasteiger partial charge is 0.352 e. The van der Waals surface area contributed by atoms with E-state index in [4.69, 9.17) is 5.73 Å². The Bertz CT molecular complexity index is 476. The van der Waals surface area contributed by atoms with Gasteiger partial charge < -0.3 is 11.1 Å². The van der Waals surface area contributed by atoms with Crippen LogP contribution >= 0.6 is 0 Å². The zero-order valence-corrected chi connectivity index (χ0v) is 14.6. The van der Waals surface area contributed by atoms with E-state index in [1.165, 1.54) is 25.1 Å². The summed E-state index contributed by atoms with van der Waals surface area (Å²) in [4.78, 5) is 14.2. The third-order valence-corrected chi connectivity index (χ3v) is 4.47. The maximum Gasteiger partial charge on any atom is 0.220 e. The third kappa shape index (κ3) is 6.32. The van der Waals surface area contributed by atoms with Gasteiger partial charge in [0.05, 0.1) is 0 Å². The molecule has 1 aromatic carbocycles. The highest BCUT2D eigenvalue weighted by Crippen LogP contribution is 2.22. The van der Waals surface area contributed by atoms with E-state index in [-0.39, 0.29) is 5.91 Å². The van der Waals surface area contributed by atoms with Crippen molar-refractivity contribution >= 4 is 5.91 Å². The van der Waals surface area contributed by atoms with Gasteiger partial charge in [-0.05, 0) is 42.3 Å². The van der Waals surface area contributed by atoms with Gasteiger partial charge in [-0.25, -0.2) is 0 Å². The molecule has 0 spiro atoms. The SMILES string of the molecule is CC1CC(C)CN(Cc2ccc(CNC(=O)CCCN)cc2)C1. The summed E-state index contributed by atoms with van der Waals surface area (Å²) in [6.07, 6.45) is 2.61. The number of nitrogens with zero attached hydrogens (tertiary/aromatic N) is 1. The Kier molecular flexibility index (Phi) is 7.06. The fraction of sp³-hybridized carbons (Fsp3) is 0.632. The first-order chi connectivity index (χ1) is 11.1. The van der Waals surface area contributed by atoms with E-state index in [1.807, 2.05) is 0 Å². The molecule has 3 N–H and O–H groups in total. The molecule has 2 rings (SSSR count). The van der Waals surface area contributed by atoms with E-state index >= 15 is 0 Å². The van der Waals surface area contributed by atoms with Crippen molar-refractivity contribution in [2.75, 3.05) is 19.6 Å².